The number of carbonyl (C=O) groups excluding carboxylic acids is 1. The summed E-state index contributed by atoms with van der Waals surface area (Å²) in [7, 11) is 0. The maximum absolute atomic E-state index is 11.4. The van der Waals surface area contributed by atoms with Crippen LogP contribution in [0.4, 0.5) is 0 Å². The quantitative estimate of drug-likeness (QED) is 0.800. The van der Waals surface area contributed by atoms with Gasteiger partial charge in [-0.25, -0.2) is 0 Å². The molecule has 0 spiro atoms. The highest BCUT2D eigenvalue weighted by Gasteiger charge is 2.24. The topological polar surface area (TPSA) is 62.9 Å². The molecule has 2 heterocycles. The highest BCUT2D eigenvalue weighted by Crippen LogP contribution is 2.27. The van der Waals surface area contributed by atoms with Gasteiger partial charge < -0.3 is 14.3 Å². The molecule has 0 amide bonds. The smallest absolute Gasteiger partial charge is 0.320 e. The normalized spacial score (nSPS) is 20.7. The lowest BCUT2D eigenvalue weighted by atomic mass is 10.1. The van der Waals surface area contributed by atoms with Crippen LogP contribution in [0.3, 0.4) is 0 Å². The number of furan rings is 1. The number of hydrogen-bond acceptors (Lipinski definition) is 5. The van der Waals surface area contributed by atoms with Crippen molar-refractivity contribution in [3.63, 3.8) is 0 Å². The Labute approximate surface area is 100.0 Å². The van der Waals surface area contributed by atoms with Gasteiger partial charge in [-0.15, -0.1) is 0 Å². The number of esters is 1. The number of carbonyl (C=O) groups is 1. The molecule has 0 saturated carbocycles. The van der Waals surface area contributed by atoms with Crippen molar-refractivity contribution in [2.24, 2.45) is 0 Å². The van der Waals surface area contributed by atoms with Gasteiger partial charge in [0.2, 0.25) is 0 Å². The lowest BCUT2D eigenvalue weighted by molar-refractivity contribution is -0.144. The molecule has 5 heteroatoms. The second kappa shape index (κ2) is 5.33. The van der Waals surface area contributed by atoms with Crippen molar-refractivity contribution in [3.8, 4) is 0 Å². The van der Waals surface area contributed by atoms with Gasteiger partial charge in [-0.3, -0.25) is 9.69 Å². The Morgan fingerprint density at radius 1 is 1.71 bits per heavy atom. The largest absolute Gasteiger partial charge is 0.468 e. The van der Waals surface area contributed by atoms with Crippen LogP contribution in [0.15, 0.2) is 16.7 Å². The van der Waals surface area contributed by atoms with Crippen molar-refractivity contribution < 1.29 is 19.1 Å². The summed E-state index contributed by atoms with van der Waals surface area (Å²) in [4.78, 5) is 13.3. The van der Waals surface area contributed by atoms with E-state index < -0.39 is 6.10 Å². The number of hydrogen-bond donors (Lipinski definition) is 1. The monoisotopic (exact) mass is 239 g/mol. The van der Waals surface area contributed by atoms with Gasteiger partial charge in [0, 0.05) is 12.1 Å². The van der Waals surface area contributed by atoms with E-state index in [-0.39, 0.29) is 12.5 Å². The Kier molecular flexibility index (Phi) is 3.81. The van der Waals surface area contributed by atoms with Crippen LogP contribution < -0.4 is 0 Å². The van der Waals surface area contributed by atoms with Crippen molar-refractivity contribution >= 4 is 5.97 Å². The highest BCUT2D eigenvalue weighted by molar-refractivity contribution is 5.71. The van der Waals surface area contributed by atoms with E-state index in [4.69, 9.17) is 9.15 Å². The van der Waals surface area contributed by atoms with E-state index in [2.05, 4.69) is 0 Å². The van der Waals surface area contributed by atoms with Crippen LogP contribution >= 0.6 is 0 Å². The van der Waals surface area contributed by atoms with Gasteiger partial charge in [-0.1, -0.05) is 0 Å². The number of aliphatic hydroxyl groups is 1. The molecular formula is C12H17NO4. The van der Waals surface area contributed by atoms with Crippen molar-refractivity contribution in [1.29, 1.82) is 0 Å². The fraction of sp³-hybridized carbons (Fsp3) is 0.583. The molecule has 1 aromatic heterocycles. The average Bonchev–Trinajstić information content (AvgIpc) is 2.69. The lowest BCUT2D eigenvalue weighted by Gasteiger charge is -2.17. The molecule has 0 aromatic carbocycles. The number of nitrogens with zero attached hydrogens (tertiary/aromatic N) is 1. The predicted molar refractivity (Wildman–Crippen MR) is 60.2 cm³/mol. The molecule has 17 heavy (non-hydrogen) atoms. The first kappa shape index (κ1) is 12.1. The Balaban J connectivity index is 2.01. The first-order valence-corrected chi connectivity index (χ1v) is 5.83. The zero-order valence-electron chi connectivity index (χ0n) is 9.89. The van der Waals surface area contributed by atoms with E-state index in [0.29, 0.717) is 26.1 Å². The highest BCUT2D eigenvalue weighted by atomic mass is 16.5. The molecule has 1 aliphatic heterocycles. The number of rotatable bonds is 3. The van der Waals surface area contributed by atoms with Gasteiger partial charge in [0.05, 0.1) is 32.1 Å². The van der Waals surface area contributed by atoms with E-state index in [0.717, 1.165) is 11.3 Å². The lowest BCUT2D eigenvalue weighted by Crippen LogP contribution is -2.30. The summed E-state index contributed by atoms with van der Waals surface area (Å²) in [5.41, 5.74) is 0.830. The Hall–Kier alpha value is -1.33. The molecule has 1 aliphatic rings. The third kappa shape index (κ3) is 2.87. The summed E-state index contributed by atoms with van der Waals surface area (Å²) in [6.45, 7) is 3.61. The minimum Gasteiger partial charge on any atom is -0.468 e. The molecule has 94 valence electrons. The molecule has 5 nitrogen and oxygen atoms in total. The fourth-order valence-corrected chi connectivity index (χ4v) is 2.04. The van der Waals surface area contributed by atoms with Crippen molar-refractivity contribution in [3.05, 3.63) is 23.7 Å². The Bertz CT molecular complexity index is 388. The van der Waals surface area contributed by atoms with Crippen LogP contribution in [0.25, 0.3) is 0 Å². The van der Waals surface area contributed by atoms with Crippen LogP contribution in [-0.4, -0.2) is 35.7 Å². The van der Waals surface area contributed by atoms with Gasteiger partial charge in [0.1, 0.15) is 5.76 Å². The fourth-order valence-electron chi connectivity index (χ4n) is 2.04. The van der Waals surface area contributed by atoms with Gasteiger partial charge in [0.25, 0.3) is 0 Å². The molecule has 0 bridgehead atoms. The van der Waals surface area contributed by atoms with E-state index >= 15 is 0 Å². The predicted octanol–water partition coefficient (Wildman–Crippen LogP) is 1.08. The molecule has 1 unspecified atom stereocenters. The van der Waals surface area contributed by atoms with Gasteiger partial charge in [-0.2, -0.15) is 0 Å². The third-order valence-corrected chi connectivity index (χ3v) is 2.88. The van der Waals surface area contributed by atoms with Crippen LogP contribution in [0, 0.1) is 0 Å². The molecular weight excluding hydrogens is 222 g/mol. The van der Waals surface area contributed by atoms with Crippen molar-refractivity contribution in [2.75, 3.05) is 19.7 Å². The summed E-state index contributed by atoms with van der Waals surface area (Å²) < 4.78 is 10.2. The first-order chi connectivity index (χ1) is 8.20. The molecule has 2 rings (SSSR count). The third-order valence-electron chi connectivity index (χ3n) is 2.88. The van der Waals surface area contributed by atoms with Gasteiger partial charge >= 0.3 is 5.97 Å². The molecule has 1 aromatic rings. The van der Waals surface area contributed by atoms with E-state index in [1.807, 2.05) is 4.90 Å². The summed E-state index contributed by atoms with van der Waals surface area (Å²) in [5, 5.41) is 9.88. The molecule has 0 fully saturated rings. The Morgan fingerprint density at radius 3 is 3.29 bits per heavy atom. The molecule has 0 aliphatic carbocycles. The van der Waals surface area contributed by atoms with Crippen LogP contribution in [0.2, 0.25) is 0 Å². The SMILES string of the molecule is CCOC(=O)CN1CCC(O)c2ccoc2C1. The summed E-state index contributed by atoms with van der Waals surface area (Å²) in [6.07, 6.45) is 1.67. The molecule has 1 atom stereocenters. The van der Waals surface area contributed by atoms with E-state index in [9.17, 15) is 9.90 Å². The molecule has 0 saturated heterocycles. The number of fused-ring (bicyclic) bond motifs is 1. The van der Waals surface area contributed by atoms with E-state index in [1.54, 1.807) is 19.3 Å². The van der Waals surface area contributed by atoms with Crippen molar-refractivity contribution in [1.82, 2.24) is 4.90 Å². The average molecular weight is 239 g/mol. The van der Waals surface area contributed by atoms with E-state index in [1.165, 1.54) is 0 Å². The van der Waals surface area contributed by atoms with Crippen molar-refractivity contribution in [2.45, 2.75) is 26.0 Å². The number of ether oxygens (including phenoxy) is 1. The second-order valence-electron chi connectivity index (χ2n) is 4.12. The minimum absolute atomic E-state index is 0.237. The Morgan fingerprint density at radius 2 is 2.53 bits per heavy atom. The summed E-state index contributed by atoms with van der Waals surface area (Å²) in [6, 6.07) is 1.79. The van der Waals surface area contributed by atoms with Crippen LogP contribution in [0.1, 0.15) is 30.8 Å². The first-order valence-electron chi connectivity index (χ1n) is 5.83. The summed E-state index contributed by atoms with van der Waals surface area (Å²) >= 11 is 0. The maximum Gasteiger partial charge on any atom is 0.320 e. The minimum atomic E-state index is -0.504. The zero-order valence-corrected chi connectivity index (χ0v) is 9.89. The van der Waals surface area contributed by atoms with Crippen LogP contribution in [0.5, 0.6) is 0 Å². The summed E-state index contributed by atoms with van der Waals surface area (Å²) in [5.74, 6) is 0.497. The van der Waals surface area contributed by atoms with Gasteiger partial charge in [-0.05, 0) is 19.4 Å². The molecule has 1 N–H and O–H groups in total. The second-order valence-corrected chi connectivity index (χ2v) is 4.12. The zero-order chi connectivity index (χ0) is 12.3. The number of aliphatic hydroxyl groups excluding tert-OH is 1. The maximum atomic E-state index is 11.4. The van der Waals surface area contributed by atoms with Gasteiger partial charge in [0.15, 0.2) is 0 Å². The van der Waals surface area contributed by atoms with Crippen LogP contribution in [-0.2, 0) is 16.1 Å². The standard InChI is InChI=1S/C12H17NO4/c1-2-16-12(15)8-13-5-3-10(14)9-4-6-17-11(9)7-13/h4,6,10,14H,2-3,5,7-8H2,1H3. The molecule has 0 radical (unpaired) electrons.